The van der Waals surface area contributed by atoms with Crippen molar-refractivity contribution in [2.75, 3.05) is 5.32 Å². The van der Waals surface area contributed by atoms with Crippen LogP contribution in [0.4, 0.5) is 5.69 Å². The average molecular weight is 614 g/mol. The Hall–Kier alpha value is -3.96. The monoisotopic (exact) mass is 612 g/mol. The van der Waals surface area contributed by atoms with Crippen LogP contribution in [-0.4, -0.2) is 30.8 Å². The molecule has 4 rings (SSSR count). The molecule has 2 N–H and O–H groups in total. The maximum absolute atomic E-state index is 13.6. The van der Waals surface area contributed by atoms with Gasteiger partial charge in [-0.15, -0.1) is 0 Å². The number of hydrogen-bond acceptors (Lipinski definition) is 6. The number of amides is 2. The zero-order chi connectivity index (χ0) is 29.6. The van der Waals surface area contributed by atoms with Crippen LogP contribution in [-0.2, 0) is 32.7 Å². The molecule has 4 aromatic rings. The molecule has 0 aliphatic heterocycles. The van der Waals surface area contributed by atoms with Crippen LogP contribution in [0.15, 0.2) is 93.3 Å². The number of aryl methyl sites for hydroxylation is 2. The molecule has 41 heavy (non-hydrogen) atoms. The lowest BCUT2D eigenvalue weighted by atomic mass is 10.2. The topological polar surface area (TPSA) is 121 Å². The third kappa shape index (κ3) is 8.05. The van der Waals surface area contributed by atoms with Crippen LogP contribution in [0.3, 0.4) is 0 Å². The van der Waals surface area contributed by atoms with E-state index in [1.54, 1.807) is 78.9 Å². The Morgan fingerprint density at radius 1 is 0.878 bits per heavy atom. The predicted octanol–water partition coefficient (Wildman–Crippen LogP) is 5.68. The highest BCUT2D eigenvalue weighted by molar-refractivity contribution is 7.89. The molecule has 0 aliphatic carbocycles. The fourth-order valence-electron chi connectivity index (χ4n) is 3.68. The van der Waals surface area contributed by atoms with Gasteiger partial charge in [0.2, 0.25) is 10.0 Å². The summed E-state index contributed by atoms with van der Waals surface area (Å²) in [6, 6.07) is 21.5. The van der Waals surface area contributed by atoms with Gasteiger partial charge < -0.3 is 9.73 Å². The molecule has 212 valence electrons. The molecule has 1 aromatic heterocycles. The minimum absolute atomic E-state index is 0.0392. The van der Waals surface area contributed by atoms with Crippen LogP contribution in [0, 0.1) is 13.8 Å². The first-order valence-corrected chi connectivity index (χ1v) is 14.5. The molecule has 9 nitrogen and oxygen atoms in total. The summed E-state index contributed by atoms with van der Waals surface area (Å²) in [4.78, 5) is 24.3. The van der Waals surface area contributed by atoms with Gasteiger partial charge in [0.15, 0.2) is 0 Å². The van der Waals surface area contributed by atoms with E-state index < -0.39 is 21.8 Å². The van der Waals surface area contributed by atoms with Crippen molar-refractivity contribution in [2.24, 2.45) is 5.10 Å². The first-order chi connectivity index (χ1) is 19.5. The number of furan rings is 1. The summed E-state index contributed by atoms with van der Waals surface area (Å²) in [5, 5.41) is 7.00. The van der Waals surface area contributed by atoms with Gasteiger partial charge in [0.1, 0.15) is 11.5 Å². The van der Waals surface area contributed by atoms with Gasteiger partial charge in [0.25, 0.3) is 0 Å². The van der Waals surface area contributed by atoms with Gasteiger partial charge in [0.05, 0.1) is 17.7 Å². The van der Waals surface area contributed by atoms with E-state index in [2.05, 4.69) is 15.8 Å². The van der Waals surface area contributed by atoms with Gasteiger partial charge in [-0.3, -0.25) is 9.59 Å². The van der Waals surface area contributed by atoms with E-state index in [0.29, 0.717) is 27.1 Å². The SMILES string of the molecule is Cc1ccc(NC(=O)C(=O)N/N=C/c2ccc(CN(Cc3ccc(Cl)cc3Cl)S(=O)(=O)c3ccc(C)cc3)o2)cc1. The standard InChI is InChI=1S/C29H26Cl2N4O5S/c1-19-3-9-23(10-4-19)33-28(36)29(37)34-32-16-24-11-12-25(40-24)18-35(17-21-7-8-22(30)15-27(21)31)41(38,39)26-13-5-20(2)6-14-26/h3-16H,17-18H2,1-2H3,(H,33,36)(H,34,37)/b32-16+. The smallest absolute Gasteiger partial charge is 0.329 e. The molecular weight excluding hydrogens is 587 g/mol. The van der Waals surface area contributed by atoms with E-state index >= 15 is 0 Å². The number of hydrazone groups is 1. The largest absolute Gasteiger partial charge is 0.459 e. The Bertz CT molecular complexity index is 1690. The summed E-state index contributed by atoms with van der Waals surface area (Å²) in [5.74, 6) is -1.31. The molecular formula is C29H26Cl2N4O5S. The fourth-order valence-corrected chi connectivity index (χ4v) is 5.53. The molecule has 12 heteroatoms. The van der Waals surface area contributed by atoms with Crippen LogP contribution in [0.25, 0.3) is 0 Å². The lowest BCUT2D eigenvalue weighted by molar-refractivity contribution is -0.136. The molecule has 0 unspecified atom stereocenters. The minimum Gasteiger partial charge on any atom is -0.459 e. The molecule has 2 amide bonds. The number of rotatable bonds is 9. The minimum atomic E-state index is -3.95. The third-order valence-electron chi connectivity index (χ3n) is 5.91. The number of halogens is 2. The summed E-state index contributed by atoms with van der Waals surface area (Å²) in [7, 11) is -3.95. The Labute approximate surface area is 247 Å². The summed E-state index contributed by atoms with van der Waals surface area (Å²) in [6.07, 6.45) is 1.20. The Kier molecular flexibility index (Phi) is 9.61. The van der Waals surface area contributed by atoms with E-state index in [4.69, 9.17) is 27.6 Å². The van der Waals surface area contributed by atoms with Crippen LogP contribution in [0.1, 0.15) is 28.2 Å². The van der Waals surface area contributed by atoms with Gasteiger partial charge in [-0.1, -0.05) is 64.7 Å². The van der Waals surface area contributed by atoms with Crippen LogP contribution in [0.2, 0.25) is 10.0 Å². The number of anilines is 1. The summed E-state index contributed by atoms with van der Waals surface area (Å²) >= 11 is 12.4. The predicted molar refractivity (Wildman–Crippen MR) is 158 cm³/mol. The molecule has 0 saturated heterocycles. The molecule has 1 heterocycles. The molecule has 0 atom stereocenters. The van der Waals surface area contributed by atoms with Gasteiger partial charge in [0, 0.05) is 22.3 Å². The Morgan fingerprint density at radius 3 is 2.20 bits per heavy atom. The highest BCUT2D eigenvalue weighted by atomic mass is 35.5. The lowest BCUT2D eigenvalue weighted by Gasteiger charge is -2.22. The van der Waals surface area contributed by atoms with Crippen LogP contribution >= 0.6 is 23.2 Å². The summed E-state index contributed by atoms with van der Waals surface area (Å²) in [6.45, 7) is 3.62. The van der Waals surface area contributed by atoms with Crippen molar-refractivity contribution < 1.29 is 22.4 Å². The number of sulfonamides is 1. The number of benzene rings is 3. The summed E-state index contributed by atoms with van der Waals surface area (Å²) in [5.41, 5.74) is 5.10. The van der Waals surface area contributed by atoms with Gasteiger partial charge in [-0.25, -0.2) is 13.8 Å². The lowest BCUT2D eigenvalue weighted by Crippen LogP contribution is -2.32. The number of nitrogens with one attached hydrogen (secondary N) is 2. The highest BCUT2D eigenvalue weighted by Gasteiger charge is 2.27. The normalized spacial score (nSPS) is 11.6. The quantitative estimate of drug-likeness (QED) is 0.143. The highest BCUT2D eigenvalue weighted by Crippen LogP contribution is 2.27. The van der Waals surface area contributed by atoms with Gasteiger partial charge in [-0.2, -0.15) is 9.41 Å². The van der Waals surface area contributed by atoms with Crippen molar-refractivity contribution in [1.82, 2.24) is 9.73 Å². The zero-order valence-electron chi connectivity index (χ0n) is 22.1. The first kappa shape index (κ1) is 30.0. The molecule has 0 spiro atoms. The second-order valence-corrected chi connectivity index (χ2v) is 11.9. The molecule has 3 aromatic carbocycles. The number of hydrogen-bond donors (Lipinski definition) is 2. The third-order valence-corrected chi connectivity index (χ3v) is 8.30. The van der Waals surface area contributed by atoms with Crippen molar-refractivity contribution in [1.29, 1.82) is 0 Å². The zero-order valence-corrected chi connectivity index (χ0v) is 24.4. The van der Waals surface area contributed by atoms with E-state index in [1.807, 2.05) is 13.8 Å². The van der Waals surface area contributed by atoms with Crippen LogP contribution < -0.4 is 10.7 Å². The first-order valence-electron chi connectivity index (χ1n) is 12.3. The second-order valence-electron chi connectivity index (χ2n) is 9.15. The average Bonchev–Trinajstić information content (AvgIpc) is 3.38. The molecule has 0 aliphatic rings. The Balaban J connectivity index is 1.46. The van der Waals surface area contributed by atoms with Gasteiger partial charge >= 0.3 is 11.8 Å². The van der Waals surface area contributed by atoms with E-state index in [-0.39, 0.29) is 23.7 Å². The second kappa shape index (κ2) is 13.1. The molecule has 0 fully saturated rings. The van der Waals surface area contributed by atoms with Crippen molar-refractivity contribution >= 4 is 56.9 Å². The Morgan fingerprint density at radius 2 is 1.54 bits per heavy atom. The fraction of sp³-hybridized carbons (Fsp3) is 0.138. The number of nitrogens with zero attached hydrogens (tertiary/aromatic N) is 2. The van der Waals surface area contributed by atoms with Crippen molar-refractivity contribution in [3.63, 3.8) is 0 Å². The molecule has 0 radical (unpaired) electrons. The maximum Gasteiger partial charge on any atom is 0.329 e. The summed E-state index contributed by atoms with van der Waals surface area (Å²) < 4.78 is 34.2. The number of carbonyl (C=O) groups excluding carboxylic acids is 2. The van der Waals surface area contributed by atoms with Gasteiger partial charge in [-0.05, 0) is 67.9 Å². The molecule has 0 bridgehead atoms. The van der Waals surface area contributed by atoms with Crippen molar-refractivity contribution in [3.05, 3.63) is 117 Å². The van der Waals surface area contributed by atoms with E-state index in [0.717, 1.165) is 11.1 Å². The van der Waals surface area contributed by atoms with E-state index in [9.17, 15) is 18.0 Å². The van der Waals surface area contributed by atoms with Crippen LogP contribution in [0.5, 0.6) is 0 Å². The number of carbonyl (C=O) groups is 2. The molecule has 0 saturated carbocycles. The van der Waals surface area contributed by atoms with E-state index in [1.165, 1.54) is 10.5 Å². The van der Waals surface area contributed by atoms with Crippen molar-refractivity contribution in [2.45, 2.75) is 31.8 Å². The van der Waals surface area contributed by atoms with Crippen molar-refractivity contribution in [3.8, 4) is 0 Å². The maximum atomic E-state index is 13.6.